The van der Waals surface area contributed by atoms with Crippen LogP contribution < -0.4 is 16.4 Å². The topological polar surface area (TPSA) is 211 Å². The minimum Gasteiger partial charge on any atom is -0.328 e. The summed E-state index contributed by atoms with van der Waals surface area (Å²) in [6, 6.07) is 45.7. The largest absolute Gasteiger partial charge is 0.328 e. The molecule has 1 saturated heterocycles. The zero-order valence-electron chi connectivity index (χ0n) is 56.4. The lowest BCUT2D eigenvalue weighted by atomic mass is 9.92. The molecule has 0 aliphatic carbocycles. The number of amides is 3. The average Bonchev–Trinajstić information content (AvgIpc) is 1.67. The Kier molecular flexibility index (Phi) is 26.5. The normalized spacial score (nSPS) is 13.0. The van der Waals surface area contributed by atoms with E-state index in [-0.39, 0.29) is 16.6 Å². The fourth-order valence-electron chi connectivity index (χ4n) is 12.7. The van der Waals surface area contributed by atoms with Crippen LogP contribution in [-0.4, -0.2) is 138 Å². The lowest BCUT2D eigenvalue weighted by Crippen LogP contribution is -2.32. The number of carbonyl (C=O) groups excluding carboxylic acids is 3. The van der Waals surface area contributed by atoms with Crippen LogP contribution in [0.2, 0.25) is 0 Å². The van der Waals surface area contributed by atoms with Gasteiger partial charge in [0.25, 0.3) is 17.7 Å². The molecule has 0 saturated carbocycles. The molecule has 19 heteroatoms. The maximum absolute atomic E-state index is 13.3. The fourth-order valence-corrected chi connectivity index (χ4v) is 12.7. The summed E-state index contributed by atoms with van der Waals surface area (Å²) in [7, 11) is 8.36. The van der Waals surface area contributed by atoms with Crippen molar-refractivity contribution in [3.8, 4) is 0 Å². The molecule has 1 aliphatic heterocycles. The van der Waals surface area contributed by atoms with Crippen LogP contribution in [0.3, 0.4) is 0 Å². The number of imidazole rings is 3. The van der Waals surface area contributed by atoms with E-state index in [0.29, 0.717) is 0 Å². The molecule has 0 bridgehead atoms. The summed E-state index contributed by atoms with van der Waals surface area (Å²) in [6.45, 7) is 17.2. The highest BCUT2D eigenvalue weighted by Gasteiger charge is 2.25. The Labute approximate surface area is 558 Å². The van der Waals surface area contributed by atoms with Gasteiger partial charge in [0.1, 0.15) is 23.3 Å². The zero-order chi connectivity index (χ0) is 67.9. The Morgan fingerprint density at radius 3 is 1.26 bits per heavy atom. The number of nitrogens with one attached hydrogen (secondary N) is 3. The lowest BCUT2D eigenvalue weighted by molar-refractivity contribution is -0.124. The molecule has 0 spiro atoms. The molecule has 1 aliphatic rings. The van der Waals surface area contributed by atoms with Gasteiger partial charge in [-0.05, 0) is 204 Å². The number of hydroxylamine groups is 3. The quantitative estimate of drug-likeness (QED) is 0.0154. The molecule has 0 unspecified atom stereocenters. The molecule has 0 radical (unpaired) electrons. The predicted molar refractivity (Wildman–Crippen MR) is 377 cm³/mol. The number of hydrogen-bond acceptors (Lipinski definition) is 12. The number of fused-ring (bicyclic) bond motifs is 3. The Bertz CT molecular complexity index is 4030. The summed E-state index contributed by atoms with van der Waals surface area (Å²) in [5.41, 5.74) is 17.2. The number of benzene rings is 6. The van der Waals surface area contributed by atoms with E-state index in [1.165, 1.54) is 67.4 Å². The number of likely N-dealkylation sites (tertiary alicyclic amines) is 1. The Balaban J connectivity index is 0.000000183. The van der Waals surface area contributed by atoms with Crippen LogP contribution in [-0.2, 0) is 72.5 Å². The summed E-state index contributed by atoms with van der Waals surface area (Å²) in [5, 5.41) is 26.0. The number of nitrogens with zero attached hydrogens (tertiary/aromatic N) is 9. The van der Waals surface area contributed by atoms with Gasteiger partial charge in [-0.25, -0.2) is 35.8 Å². The van der Waals surface area contributed by atoms with Crippen molar-refractivity contribution in [1.29, 1.82) is 0 Å². The number of halogens is 1. The van der Waals surface area contributed by atoms with Crippen LogP contribution in [0.25, 0.3) is 51.3 Å². The van der Waals surface area contributed by atoms with E-state index in [4.69, 9.17) is 30.6 Å². The Morgan fingerprint density at radius 1 is 0.474 bits per heavy atom. The molecule has 0 atom stereocenters. The zero-order valence-corrected chi connectivity index (χ0v) is 56.4. The number of carbonyl (C=O) groups is 3. The van der Waals surface area contributed by atoms with Gasteiger partial charge in [-0.15, -0.1) is 0 Å². The molecule has 1 fully saturated rings. The summed E-state index contributed by atoms with van der Waals surface area (Å²) in [4.78, 5) is 55.7. The first-order chi connectivity index (χ1) is 45.7. The second kappa shape index (κ2) is 35.0. The maximum Gasteiger partial charge on any atom is 0.267 e. The highest BCUT2D eigenvalue weighted by Crippen LogP contribution is 2.29. The Morgan fingerprint density at radius 2 is 0.853 bits per heavy atom. The van der Waals surface area contributed by atoms with Crippen LogP contribution in [0.1, 0.15) is 104 Å². The minimum atomic E-state index is -0.582. The van der Waals surface area contributed by atoms with E-state index in [1.54, 1.807) is 34.7 Å². The van der Waals surface area contributed by atoms with Crippen molar-refractivity contribution in [1.82, 2.24) is 59.8 Å². The van der Waals surface area contributed by atoms with Crippen LogP contribution in [0.15, 0.2) is 158 Å². The monoisotopic (exact) mass is 1290 g/mol. The van der Waals surface area contributed by atoms with Gasteiger partial charge in [0.05, 0.1) is 33.1 Å². The van der Waals surface area contributed by atoms with Crippen molar-refractivity contribution in [2.75, 3.05) is 60.9 Å². The SMILES string of the molecule is CN(C)CC(C)(C)Cn1c(CCCc2ccccc2)nc2cc(/C=C/C(=O)NO)ccc21.CN(C)CC(C)(C)Cn1c(CCc2ccc(F)cc2)nc2cc(/C=C/C(=O)NO)ccc21.O=C(/C=C/c1ccc2c(c1)nc(CCc1ccccc1)n2CCCN1CCCC1)NO. The van der Waals surface area contributed by atoms with E-state index in [0.717, 1.165) is 163 Å². The molecule has 6 N–H and O–H groups in total. The van der Waals surface area contributed by atoms with Crippen molar-refractivity contribution in [2.45, 2.75) is 112 Å². The lowest BCUT2D eigenvalue weighted by Gasteiger charge is -2.29. The standard InChI is InChI=1S/C26H34N4O2.C25H31FN4O2.C25H30N4O2/c1-26(2,18-29(3)4)19-30-23-15-13-21(14-16-25(31)28-32)17-22(23)27-24(30)12-8-11-20-9-6-5-7-10-20;1-25(2,16-29(3)4)17-30-22-12-7-19(9-14-24(31)28-32)15-21(22)27-23(30)13-8-18-5-10-20(26)11-6-18;30-25(27-31)14-11-21-9-12-23-22(19-21)26-24(13-10-20-7-2-1-3-8-20)29(23)18-6-17-28-15-4-5-16-28/h5-7,9-10,13-17,32H,8,11-12,18-19H2,1-4H3,(H,28,31);5-7,9-12,14-15,32H,8,13,16-17H2,1-4H3,(H,28,31);1-3,7-9,11-12,14,19,31H,4-6,10,13,15-18H2,(H,27,30)/b16-14+;14-9+;14-11+. The second-order valence-electron chi connectivity index (χ2n) is 26.7. The first-order valence-electron chi connectivity index (χ1n) is 32.8. The van der Waals surface area contributed by atoms with E-state index < -0.39 is 17.7 Å². The molecule has 18 nitrogen and oxygen atoms in total. The van der Waals surface area contributed by atoms with Crippen LogP contribution in [0.5, 0.6) is 0 Å². The van der Waals surface area contributed by atoms with Crippen molar-refractivity contribution < 1.29 is 34.4 Å². The highest BCUT2D eigenvalue weighted by atomic mass is 19.1. The van der Waals surface area contributed by atoms with Crippen molar-refractivity contribution in [3.63, 3.8) is 0 Å². The van der Waals surface area contributed by atoms with Crippen LogP contribution in [0.4, 0.5) is 4.39 Å². The summed E-state index contributed by atoms with van der Waals surface area (Å²) in [5.74, 6) is 1.26. The number of hydrogen-bond donors (Lipinski definition) is 6. The summed E-state index contributed by atoms with van der Waals surface area (Å²) in [6.07, 6.45) is 18.9. The third-order valence-corrected chi connectivity index (χ3v) is 16.6. The van der Waals surface area contributed by atoms with E-state index >= 15 is 0 Å². The summed E-state index contributed by atoms with van der Waals surface area (Å²) >= 11 is 0. The van der Waals surface area contributed by atoms with E-state index in [1.807, 2.05) is 66.7 Å². The Hall–Kier alpha value is -8.95. The molecule has 10 rings (SSSR count). The molecular weight excluding hydrogens is 1200 g/mol. The molecule has 502 valence electrons. The molecule has 3 amide bonds. The van der Waals surface area contributed by atoms with Gasteiger partial charge < -0.3 is 28.4 Å². The van der Waals surface area contributed by atoms with Gasteiger partial charge in [0.2, 0.25) is 0 Å². The maximum atomic E-state index is 13.3. The van der Waals surface area contributed by atoms with Crippen LogP contribution >= 0.6 is 0 Å². The first-order valence-corrected chi connectivity index (χ1v) is 32.8. The highest BCUT2D eigenvalue weighted by molar-refractivity contribution is 5.93. The van der Waals surface area contributed by atoms with Crippen molar-refractivity contribution in [2.24, 2.45) is 10.8 Å². The third kappa shape index (κ3) is 22.3. The van der Waals surface area contributed by atoms with Gasteiger partial charge in [-0.1, -0.05) is 119 Å². The number of aromatic nitrogens is 6. The minimum absolute atomic E-state index is 0.0273. The molecule has 3 aromatic heterocycles. The number of aryl methyl sites for hydroxylation is 7. The molecule has 95 heavy (non-hydrogen) atoms. The first kappa shape index (κ1) is 71.9. The van der Waals surface area contributed by atoms with Crippen molar-refractivity contribution in [3.05, 3.63) is 214 Å². The van der Waals surface area contributed by atoms with Gasteiger partial charge in [0, 0.05) is 70.2 Å². The van der Waals surface area contributed by atoms with Gasteiger partial charge >= 0.3 is 0 Å². The van der Waals surface area contributed by atoms with Gasteiger partial charge in [-0.2, -0.15) is 0 Å². The van der Waals surface area contributed by atoms with E-state index in [2.05, 4.69) is 145 Å². The van der Waals surface area contributed by atoms with Gasteiger partial charge in [0.15, 0.2) is 0 Å². The molecule has 4 heterocycles. The second-order valence-corrected chi connectivity index (χ2v) is 26.7. The average molecular weight is 1290 g/mol. The van der Waals surface area contributed by atoms with Crippen LogP contribution in [0, 0.1) is 16.6 Å². The van der Waals surface area contributed by atoms with E-state index in [9.17, 15) is 18.8 Å². The van der Waals surface area contributed by atoms with Gasteiger partial charge in [-0.3, -0.25) is 30.0 Å². The predicted octanol–water partition coefficient (Wildman–Crippen LogP) is 12.2. The third-order valence-electron chi connectivity index (χ3n) is 16.6. The number of rotatable bonds is 28. The fraction of sp³-hybridized carbons (Fsp3) is 0.368. The smallest absolute Gasteiger partial charge is 0.267 e. The summed E-state index contributed by atoms with van der Waals surface area (Å²) < 4.78 is 20.2. The molecular formula is C76H95FN12O6. The molecule has 9 aromatic rings. The molecule has 6 aromatic carbocycles. The van der Waals surface area contributed by atoms with Crippen molar-refractivity contribution >= 4 is 69.0 Å².